The van der Waals surface area contributed by atoms with Gasteiger partial charge in [0.05, 0.1) is 4.90 Å². The van der Waals surface area contributed by atoms with Crippen molar-refractivity contribution in [3.63, 3.8) is 0 Å². The third-order valence-corrected chi connectivity index (χ3v) is 7.43. The fourth-order valence-corrected chi connectivity index (χ4v) is 5.06. The number of benzene rings is 1. The van der Waals surface area contributed by atoms with E-state index in [0.29, 0.717) is 24.7 Å². The van der Waals surface area contributed by atoms with Crippen LogP contribution >= 0.6 is 0 Å². The molecule has 1 aromatic carbocycles. The first-order chi connectivity index (χ1) is 15.3. The number of hydrogen-bond acceptors (Lipinski definition) is 7. The highest BCUT2D eigenvalue weighted by Crippen LogP contribution is 2.25. The molecule has 0 unspecified atom stereocenters. The maximum Gasteiger partial charge on any atom is 0.322 e. The van der Waals surface area contributed by atoms with Gasteiger partial charge in [-0.05, 0) is 62.9 Å². The van der Waals surface area contributed by atoms with Crippen LogP contribution in [0.2, 0.25) is 0 Å². The van der Waals surface area contributed by atoms with Crippen LogP contribution in [0.15, 0.2) is 45.8 Å². The number of carbonyl (C=O) groups excluding carboxylic acids is 1. The molecule has 0 aliphatic carbocycles. The Morgan fingerprint density at radius 1 is 1.12 bits per heavy atom. The van der Waals surface area contributed by atoms with Crippen molar-refractivity contribution >= 4 is 21.9 Å². The van der Waals surface area contributed by atoms with Crippen LogP contribution in [0.25, 0.3) is 11.6 Å². The second kappa shape index (κ2) is 8.83. The average molecular weight is 459 g/mol. The van der Waals surface area contributed by atoms with Crippen molar-refractivity contribution in [2.24, 2.45) is 5.92 Å². The summed E-state index contributed by atoms with van der Waals surface area (Å²) in [6, 6.07) is 7.64. The van der Waals surface area contributed by atoms with Gasteiger partial charge in [0.25, 0.3) is 11.8 Å². The van der Waals surface area contributed by atoms with Crippen molar-refractivity contribution in [3.05, 3.63) is 42.1 Å². The van der Waals surface area contributed by atoms with E-state index in [1.807, 2.05) is 13.8 Å². The Kier molecular flexibility index (Phi) is 6.11. The number of carbonyl (C=O) groups is 1. The lowest BCUT2D eigenvalue weighted by Crippen LogP contribution is -2.37. The zero-order valence-corrected chi connectivity index (χ0v) is 19.0. The Balaban J connectivity index is 1.45. The van der Waals surface area contributed by atoms with Crippen LogP contribution in [0.5, 0.6) is 0 Å². The zero-order valence-electron chi connectivity index (χ0n) is 18.2. The van der Waals surface area contributed by atoms with E-state index in [1.165, 1.54) is 28.6 Å². The minimum atomic E-state index is -3.57. The summed E-state index contributed by atoms with van der Waals surface area (Å²) in [4.78, 5) is 12.7. The largest absolute Gasteiger partial charge is 0.401 e. The van der Waals surface area contributed by atoms with Gasteiger partial charge in [0.2, 0.25) is 10.0 Å². The van der Waals surface area contributed by atoms with Crippen LogP contribution < -0.4 is 5.32 Å². The molecule has 170 valence electrons. The number of aromatic nitrogens is 4. The van der Waals surface area contributed by atoms with E-state index < -0.39 is 15.9 Å². The molecule has 0 atom stereocenters. The normalized spacial score (nSPS) is 15.9. The average Bonchev–Trinajstić information content (AvgIpc) is 3.43. The molecule has 1 saturated heterocycles. The lowest BCUT2D eigenvalue weighted by Gasteiger charge is -2.29. The molecule has 32 heavy (non-hydrogen) atoms. The summed E-state index contributed by atoms with van der Waals surface area (Å²) in [6.07, 6.45) is 3.34. The Bertz CT molecular complexity index is 1190. The molecule has 4 rings (SSSR count). The molecular formula is C21H26N6O4S. The molecule has 1 aliphatic heterocycles. The number of hydrogen-bond donors (Lipinski definition) is 1. The van der Waals surface area contributed by atoms with Crippen molar-refractivity contribution in [2.75, 3.05) is 18.4 Å². The summed E-state index contributed by atoms with van der Waals surface area (Å²) >= 11 is 0. The van der Waals surface area contributed by atoms with Gasteiger partial charge in [0.1, 0.15) is 5.69 Å². The number of sulfonamides is 1. The van der Waals surface area contributed by atoms with Crippen molar-refractivity contribution < 1.29 is 17.6 Å². The number of rotatable bonds is 6. The van der Waals surface area contributed by atoms with Crippen LogP contribution in [0.4, 0.5) is 6.01 Å². The summed E-state index contributed by atoms with van der Waals surface area (Å²) in [5.74, 6) is 0.292. The summed E-state index contributed by atoms with van der Waals surface area (Å²) in [7, 11) is -3.57. The lowest BCUT2D eigenvalue weighted by molar-refractivity contribution is 0.102. The maximum atomic E-state index is 12.8. The number of nitrogens with zero attached hydrogens (tertiary/aromatic N) is 5. The first-order valence-electron chi connectivity index (χ1n) is 10.5. The zero-order chi connectivity index (χ0) is 22.9. The van der Waals surface area contributed by atoms with Gasteiger partial charge in [-0.1, -0.05) is 12.0 Å². The number of amides is 1. The van der Waals surface area contributed by atoms with Gasteiger partial charge in [-0.2, -0.15) is 9.40 Å². The summed E-state index contributed by atoms with van der Waals surface area (Å²) < 4.78 is 34.5. The Labute approximate surface area is 186 Å². The van der Waals surface area contributed by atoms with Crippen molar-refractivity contribution in [1.29, 1.82) is 0 Å². The van der Waals surface area contributed by atoms with Crippen LogP contribution in [0.3, 0.4) is 0 Å². The van der Waals surface area contributed by atoms with Gasteiger partial charge < -0.3 is 4.42 Å². The topological polar surface area (TPSA) is 123 Å². The predicted molar refractivity (Wildman–Crippen MR) is 117 cm³/mol. The van der Waals surface area contributed by atoms with Gasteiger partial charge in [-0.25, -0.2) is 8.42 Å². The molecule has 3 aromatic rings. The molecule has 0 radical (unpaired) electrons. The van der Waals surface area contributed by atoms with Crippen molar-refractivity contribution in [2.45, 2.75) is 44.6 Å². The highest BCUT2D eigenvalue weighted by molar-refractivity contribution is 7.89. The molecule has 0 saturated carbocycles. The number of nitrogens with one attached hydrogen (secondary N) is 1. The predicted octanol–water partition coefficient (Wildman–Crippen LogP) is 3.19. The monoisotopic (exact) mass is 458 g/mol. The Morgan fingerprint density at radius 3 is 2.47 bits per heavy atom. The van der Waals surface area contributed by atoms with Crippen LogP contribution in [-0.2, 0) is 10.0 Å². The van der Waals surface area contributed by atoms with Crippen molar-refractivity contribution in [3.8, 4) is 11.6 Å². The Morgan fingerprint density at radius 2 is 1.81 bits per heavy atom. The third-order valence-electron chi connectivity index (χ3n) is 5.52. The van der Waals surface area contributed by atoms with E-state index in [9.17, 15) is 13.2 Å². The van der Waals surface area contributed by atoms with Crippen molar-refractivity contribution in [1.82, 2.24) is 24.3 Å². The molecule has 3 heterocycles. The number of piperidine rings is 1. The molecule has 10 nitrogen and oxygen atoms in total. The second-order valence-electron chi connectivity index (χ2n) is 8.23. The molecule has 1 fully saturated rings. The maximum absolute atomic E-state index is 12.8. The van der Waals surface area contributed by atoms with Gasteiger partial charge in [-0.3, -0.25) is 14.8 Å². The van der Waals surface area contributed by atoms with Gasteiger partial charge >= 0.3 is 6.01 Å². The highest BCUT2D eigenvalue weighted by Gasteiger charge is 2.28. The fourth-order valence-electron chi connectivity index (χ4n) is 3.59. The minimum Gasteiger partial charge on any atom is -0.401 e. The number of anilines is 1. The van der Waals surface area contributed by atoms with Crippen LogP contribution in [0.1, 0.15) is 50.0 Å². The highest BCUT2D eigenvalue weighted by atomic mass is 32.2. The molecule has 2 aromatic heterocycles. The quantitative estimate of drug-likeness (QED) is 0.602. The SMILES string of the molecule is CC1CCN(S(=O)(=O)c2ccc(C(=O)Nc3nnc(-c4ccnn4C(C)C)o3)cc2)CC1. The summed E-state index contributed by atoms with van der Waals surface area (Å²) in [5.41, 5.74) is 0.929. The molecule has 1 aliphatic rings. The minimum absolute atomic E-state index is 0.0550. The molecule has 1 amide bonds. The second-order valence-corrected chi connectivity index (χ2v) is 10.2. The van der Waals surface area contributed by atoms with E-state index in [2.05, 4.69) is 27.5 Å². The van der Waals surface area contributed by atoms with E-state index in [-0.39, 0.29) is 28.4 Å². The molecule has 0 spiro atoms. The lowest BCUT2D eigenvalue weighted by atomic mass is 10.0. The van der Waals surface area contributed by atoms with E-state index in [1.54, 1.807) is 16.9 Å². The Hall–Kier alpha value is -3.05. The van der Waals surface area contributed by atoms with E-state index >= 15 is 0 Å². The van der Waals surface area contributed by atoms with Gasteiger partial charge in [-0.15, -0.1) is 5.10 Å². The first-order valence-corrected chi connectivity index (χ1v) is 12.0. The molecule has 0 bridgehead atoms. The van der Waals surface area contributed by atoms with E-state index in [4.69, 9.17) is 4.42 Å². The van der Waals surface area contributed by atoms with E-state index in [0.717, 1.165) is 12.8 Å². The summed E-state index contributed by atoms with van der Waals surface area (Å²) in [6.45, 7) is 7.11. The first kappa shape index (κ1) is 22.2. The van der Waals surface area contributed by atoms with Gasteiger partial charge in [0.15, 0.2) is 0 Å². The van der Waals surface area contributed by atoms with Gasteiger partial charge in [0, 0.05) is 30.9 Å². The molecule has 1 N–H and O–H groups in total. The fraction of sp³-hybridized carbons (Fsp3) is 0.429. The van der Waals surface area contributed by atoms with Crippen LogP contribution in [-0.4, -0.2) is 51.7 Å². The smallest absolute Gasteiger partial charge is 0.322 e. The standard InChI is InChI=1S/C21H26N6O4S/c1-14(2)27-18(8-11-22-27)20-24-25-21(31-20)23-19(28)16-4-6-17(7-5-16)32(29,30)26-12-9-15(3)10-13-26/h4-8,11,14-15H,9-10,12-13H2,1-3H3,(H,23,25,28). The summed E-state index contributed by atoms with van der Waals surface area (Å²) in [5, 5.41) is 14.6. The van der Waals surface area contributed by atoms with Crippen LogP contribution in [0, 0.1) is 5.92 Å². The molecule has 11 heteroatoms. The third kappa shape index (κ3) is 4.44. The molecular weight excluding hydrogens is 432 g/mol.